The van der Waals surface area contributed by atoms with Crippen LogP contribution in [0.3, 0.4) is 0 Å². The van der Waals surface area contributed by atoms with Crippen LogP contribution in [0.15, 0.2) is 18.2 Å². The third kappa shape index (κ3) is 3.80. The van der Waals surface area contributed by atoms with Crippen molar-refractivity contribution in [3.05, 3.63) is 33.3 Å². The standard InChI is InChI=1S/C11H14ClN3O4/c1-11(2,10(16)14-13)6-19-7-3-4-9(15(17)18)8(12)5-7/h3-5H,6,13H2,1-2H3,(H,14,16). The van der Waals surface area contributed by atoms with Gasteiger partial charge in [0.25, 0.3) is 5.69 Å². The van der Waals surface area contributed by atoms with Crippen LogP contribution in [0.1, 0.15) is 13.8 Å². The molecule has 1 rings (SSSR count). The second kappa shape index (κ2) is 5.85. The maximum atomic E-state index is 11.4. The molecule has 0 radical (unpaired) electrons. The molecule has 1 amide bonds. The quantitative estimate of drug-likeness (QED) is 0.370. The number of benzene rings is 1. The predicted octanol–water partition coefficient (Wildman–Crippen LogP) is 1.64. The first kappa shape index (κ1) is 15.2. The van der Waals surface area contributed by atoms with E-state index in [2.05, 4.69) is 0 Å². The van der Waals surface area contributed by atoms with Crippen molar-refractivity contribution in [2.75, 3.05) is 6.61 Å². The minimum atomic E-state index is -0.830. The first-order valence-electron chi connectivity index (χ1n) is 5.35. The Bertz CT molecular complexity index is 505. The van der Waals surface area contributed by atoms with Crippen LogP contribution in [0.5, 0.6) is 5.75 Å². The van der Waals surface area contributed by atoms with Crippen LogP contribution in [-0.4, -0.2) is 17.4 Å². The number of nitro groups is 1. The molecule has 0 fully saturated rings. The highest BCUT2D eigenvalue weighted by Crippen LogP contribution is 2.29. The smallest absolute Gasteiger partial charge is 0.288 e. The normalized spacial score (nSPS) is 10.9. The molecule has 0 spiro atoms. The minimum absolute atomic E-state index is 0.0245. The minimum Gasteiger partial charge on any atom is -0.492 e. The Morgan fingerprint density at radius 1 is 1.58 bits per heavy atom. The van der Waals surface area contributed by atoms with Crippen LogP contribution in [0.25, 0.3) is 0 Å². The van der Waals surface area contributed by atoms with E-state index in [1.807, 2.05) is 5.43 Å². The van der Waals surface area contributed by atoms with Gasteiger partial charge in [-0.1, -0.05) is 11.6 Å². The molecule has 0 aliphatic carbocycles. The van der Waals surface area contributed by atoms with Crippen molar-refractivity contribution in [3.8, 4) is 5.75 Å². The lowest BCUT2D eigenvalue weighted by atomic mass is 9.94. The lowest BCUT2D eigenvalue weighted by molar-refractivity contribution is -0.384. The van der Waals surface area contributed by atoms with Crippen LogP contribution in [0.2, 0.25) is 5.02 Å². The van der Waals surface area contributed by atoms with Crippen LogP contribution in [0.4, 0.5) is 5.69 Å². The third-order valence-electron chi connectivity index (χ3n) is 2.46. The van der Waals surface area contributed by atoms with Gasteiger partial charge in [-0.15, -0.1) is 0 Å². The van der Waals surface area contributed by atoms with Crippen molar-refractivity contribution in [1.29, 1.82) is 0 Å². The third-order valence-corrected chi connectivity index (χ3v) is 2.76. The number of nitrogens with one attached hydrogen (secondary N) is 1. The molecule has 0 bridgehead atoms. The first-order chi connectivity index (χ1) is 8.77. The summed E-state index contributed by atoms with van der Waals surface area (Å²) in [6.45, 7) is 3.37. The Labute approximate surface area is 114 Å². The highest BCUT2D eigenvalue weighted by molar-refractivity contribution is 6.32. The van der Waals surface area contributed by atoms with E-state index in [1.54, 1.807) is 13.8 Å². The lowest BCUT2D eigenvalue weighted by Gasteiger charge is -2.22. The van der Waals surface area contributed by atoms with E-state index in [4.69, 9.17) is 22.2 Å². The molecule has 0 unspecified atom stereocenters. The summed E-state index contributed by atoms with van der Waals surface area (Å²) in [7, 11) is 0. The van der Waals surface area contributed by atoms with E-state index in [0.29, 0.717) is 5.75 Å². The number of hydrazine groups is 1. The predicted molar refractivity (Wildman–Crippen MR) is 69.7 cm³/mol. The second-order valence-electron chi connectivity index (χ2n) is 4.52. The van der Waals surface area contributed by atoms with Gasteiger partial charge >= 0.3 is 0 Å². The molecule has 0 aromatic heterocycles. The van der Waals surface area contributed by atoms with Gasteiger partial charge in [0.05, 0.1) is 10.3 Å². The number of hydrogen-bond donors (Lipinski definition) is 2. The van der Waals surface area contributed by atoms with Gasteiger partial charge in [0.2, 0.25) is 5.91 Å². The largest absolute Gasteiger partial charge is 0.492 e. The number of rotatable bonds is 5. The van der Waals surface area contributed by atoms with Gasteiger partial charge < -0.3 is 4.74 Å². The number of carbonyl (C=O) groups is 1. The Balaban J connectivity index is 2.77. The Morgan fingerprint density at radius 3 is 2.68 bits per heavy atom. The van der Waals surface area contributed by atoms with E-state index < -0.39 is 10.3 Å². The second-order valence-corrected chi connectivity index (χ2v) is 4.92. The molecule has 3 N–H and O–H groups in total. The van der Waals surface area contributed by atoms with Crippen molar-refractivity contribution >= 4 is 23.2 Å². The van der Waals surface area contributed by atoms with Crippen molar-refractivity contribution in [2.45, 2.75) is 13.8 Å². The van der Waals surface area contributed by atoms with Crippen LogP contribution < -0.4 is 16.0 Å². The van der Waals surface area contributed by atoms with Gasteiger partial charge in [-0.2, -0.15) is 0 Å². The summed E-state index contributed by atoms with van der Waals surface area (Å²) in [5.41, 5.74) is 1.01. The fourth-order valence-electron chi connectivity index (χ4n) is 1.25. The zero-order chi connectivity index (χ0) is 14.6. The van der Waals surface area contributed by atoms with E-state index >= 15 is 0 Å². The summed E-state index contributed by atoms with van der Waals surface area (Å²) in [6, 6.07) is 3.99. The molecular formula is C11H14ClN3O4. The number of nitrogens with zero attached hydrogens (tertiary/aromatic N) is 1. The van der Waals surface area contributed by atoms with Gasteiger partial charge in [0, 0.05) is 12.1 Å². The topological polar surface area (TPSA) is 107 Å². The molecule has 19 heavy (non-hydrogen) atoms. The van der Waals surface area contributed by atoms with Gasteiger partial charge in [-0.3, -0.25) is 20.3 Å². The molecular weight excluding hydrogens is 274 g/mol. The highest BCUT2D eigenvalue weighted by atomic mass is 35.5. The fraction of sp³-hybridized carbons (Fsp3) is 0.364. The number of carbonyl (C=O) groups excluding carboxylic acids is 1. The lowest BCUT2D eigenvalue weighted by Crippen LogP contribution is -2.44. The van der Waals surface area contributed by atoms with Crippen LogP contribution in [-0.2, 0) is 4.79 Å². The molecule has 0 atom stereocenters. The summed E-state index contributed by atoms with van der Waals surface area (Å²) in [5, 5.41) is 10.6. The molecule has 7 nitrogen and oxygen atoms in total. The number of halogens is 1. The summed E-state index contributed by atoms with van der Waals surface area (Å²) >= 11 is 5.74. The number of hydrogen-bond acceptors (Lipinski definition) is 5. The molecule has 1 aromatic carbocycles. The highest BCUT2D eigenvalue weighted by Gasteiger charge is 2.28. The maximum absolute atomic E-state index is 11.4. The summed E-state index contributed by atoms with van der Waals surface area (Å²) in [6.07, 6.45) is 0. The van der Waals surface area contributed by atoms with Gasteiger partial charge in [0.1, 0.15) is 17.4 Å². The van der Waals surface area contributed by atoms with Crippen molar-refractivity contribution in [1.82, 2.24) is 5.43 Å². The average Bonchev–Trinajstić information content (AvgIpc) is 2.35. The van der Waals surface area contributed by atoms with E-state index in [9.17, 15) is 14.9 Å². The van der Waals surface area contributed by atoms with Gasteiger partial charge in [0.15, 0.2) is 0 Å². The number of ether oxygens (including phenoxy) is 1. The summed E-state index contributed by atoms with van der Waals surface area (Å²) in [4.78, 5) is 21.4. The molecule has 1 aromatic rings. The Hall–Kier alpha value is -1.86. The van der Waals surface area contributed by atoms with Crippen molar-refractivity contribution in [3.63, 3.8) is 0 Å². The van der Waals surface area contributed by atoms with Gasteiger partial charge in [-0.05, 0) is 19.9 Å². The molecule has 0 aliphatic heterocycles. The first-order valence-corrected chi connectivity index (χ1v) is 5.73. The molecule has 0 heterocycles. The number of nitro benzene ring substituents is 1. The van der Waals surface area contributed by atoms with Crippen LogP contribution in [0, 0.1) is 15.5 Å². The fourth-order valence-corrected chi connectivity index (χ4v) is 1.49. The maximum Gasteiger partial charge on any atom is 0.288 e. The van der Waals surface area contributed by atoms with E-state index in [0.717, 1.165) is 0 Å². The molecule has 0 saturated heterocycles. The van der Waals surface area contributed by atoms with Crippen LogP contribution >= 0.6 is 11.6 Å². The SMILES string of the molecule is CC(C)(COc1ccc([N+](=O)[O-])c(Cl)c1)C(=O)NN. The Morgan fingerprint density at radius 2 is 2.21 bits per heavy atom. The summed E-state index contributed by atoms with van der Waals surface area (Å²) in [5.74, 6) is 5.02. The monoisotopic (exact) mass is 287 g/mol. The molecule has 8 heteroatoms. The summed E-state index contributed by atoms with van der Waals surface area (Å²) < 4.78 is 5.39. The molecule has 0 aliphatic rings. The Kier molecular flexibility index (Phi) is 4.68. The average molecular weight is 288 g/mol. The van der Waals surface area contributed by atoms with Crippen molar-refractivity contribution in [2.24, 2.45) is 11.3 Å². The molecule has 0 saturated carbocycles. The zero-order valence-corrected chi connectivity index (χ0v) is 11.2. The van der Waals surface area contributed by atoms with E-state index in [1.165, 1.54) is 18.2 Å². The number of amides is 1. The van der Waals surface area contributed by atoms with Crippen molar-refractivity contribution < 1.29 is 14.5 Å². The zero-order valence-electron chi connectivity index (χ0n) is 10.5. The van der Waals surface area contributed by atoms with E-state index in [-0.39, 0.29) is 23.2 Å². The molecule has 104 valence electrons. The number of nitrogens with two attached hydrogens (primary N) is 1. The van der Waals surface area contributed by atoms with Gasteiger partial charge in [-0.25, -0.2) is 5.84 Å².